The van der Waals surface area contributed by atoms with Crippen molar-refractivity contribution in [3.63, 3.8) is 0 Å². The molecule has 10 aliphatic rings. The molecule has 2 fully saturated rings. The summed E-state index contributed by atoms with van der Waals surface area (Å²) < 4.78 is 0. The van der Waals surface area contributed by atoms with Gasteiger partial charge in [0, 0.05) is 0 Å². The van der Waals surface area contributed by atoms with Gasteiger partial charge in [-0.15, -0.1) is 0 Å². The molecule has 0 saturated heterocycles. The fourth-order valence-corrected chi connectivity index (χ4v) is 6.21. The molecule has 14 rings (SSSR count). The standard InChI is InChI=1S/C18H12.C6H10.2C6H8.C5H8.C5H6.C4H8.C4H6.C4H4.C3H6.C3H4/c1-2-8-14-13(7-1)15-9-3-4-11-17(15)18-12-6-5-10-16(14)18;3*1-2-4-6-5-3-1;2*1-2-4-5-3-1;3*1-2-4-3-1;2*1-2-3-1/h1-12H;1-2H,3-6H2;1-2,5-6H,3-4H2;1-4H,5-6H2;1-2H,3-5H2;1-4H,5H2;1-4H2;1-2H,3-4H2;1-4H;1-3H2;1-2H,3H2. The second-order valence-corrected chi connectivity index (χ2v) is 16.7. The molecule has 0 unspecified atom stereocenters. The van der Waals surface area contributed by atoms with Crippen LogP contribution in [0.2, 0.25) is 0 Å². The molecule has 2 saturated carbocycles. The van der Waals surface area contributed by atoms with E-state index in [1.165, 1.54) is 154 Å². The van der Waals surface area contributed by atoms with Crippen molar-refractivity contribution in [2.45, 2.75) is 141 Å². The normalized spacial score (nSPS) is 17.4. The van der Waals surface area contributed by atoms with Crippen LogP contribution < -0.4 is 0 Å². The average Bonchev–Trinajstić information content (AvgIpc) is 4.28. The number of allylic oxidation sites excluding steroid dienone is 24. The van der Waals surface area contributed by atoms with E-state index in [0.717, 1.165) is 19.3 Å². The first-order valence-electron chi connectivity index (χ1n) is 25.1. The van der Waals surface area contributed by atoms with E-state index in [0.29, 0.717) is 0 Å². The zero-order valence-corrected chi connectivity index (χ0v) is 39.3. The van der Waals surface area contributed by atoms with E-state index in [9.17, 15) is 0 Å². The summed E-state index contributed by atoms with van der Waals surface area (Å²) in [6.45, 7) is 0. The van der Waals surface area contributed by atoms with Crippen molar-refractivity contribution < 1.29 is 0 Å². The quantitative estimate of drug-likeness (QED) is 0.122. The van der Waals surface area contributed by atoms with E-state index in [4.69, 9.17) is 0 Å². The molecule has 4 aromatic carbocycles. The van der Waals surface area contributed by atoms with Gasteiger partial charge in [-0.05, 0) is 129 Å². The van der Waals surface area contributed by atoms with Gasteiger partial charge in [0.1, 0.15) is 0 Å². The third kappa shape index (κ3) is 26.2. The molecule has 0 spiro atoms. The molecule has 0 heterocycles. The van der Waals surface area contributed by atoms with Crippen molar-refractivity contribution in [2.24, 2.45) is 0 Å². The summed E-state index contributed by atoms with van der Waals surface area (Å²) in [5, 5.41) is 8.04. The highest BCUT2D eigenvalue weighted by atomic mass is 14.1. The Morgan fingerprint density at radius 2 is 0.406 bits per heavy atom. The van der Waals surface area contributed by atoms with Crippen LogP contribution in [0, 0.1) is 0 Å². The van der Waals surface area contributed by atoms with Crippen LogP contribution in [0.4, 0.5) is 0 Å². The summed E-state index contributed by atoms with van der Waals surface area (Å²) >= 11 is 0. The Bertz CT molecular complexity index is 1860. The summed E-state index contributed by atoms with van der Waals surface area (Å²) in [5.41, 5.74) is 0. The van der Waals surface area contributed by atoms with Gasteiger partial charge in [-0.25, -0.2) is 0 Å². The monoisotopic (exact) mass is 849 g/mol. The predicted molar refractivity (Wildman–Crippen MR) is 290 cm³/mol. The SMILES string of the molecule is C1=CC1.C1=CC=C1.C1=CCC1.C1=CCC=C1.C1=CCC=CC1.C1=CCCC1.C1=CCCC=C1.C1=CCCCC1.C1CC1.C1CCC1.c1ccc2c(c1)c1ccccc1c1ccccc21. The Kier molecular flexibility index (Phi) is 29.6. The van der Waals surface area contributed by atoms with Crippen molar-refractivity contribution in [1.82, 2.24) is 0 Å². The summed E-state index contributed by atoms with van der Waals surface area (Å²) in [7, 11) is 0. The molecule has 0 aliphatic heterocycles. The first-order chi connectivity index (χ1) is 31.9. The molecule has 0 radical (unpaired) electrons. The van der Waals surface area contributed by atoms with Gasteiger partial charge in [-0.1, -0.05) is 264 Å². The second kappa shape index (κ2) is 37.0. The van der Waals surface area contributed by atoms with Crippen molar-refractivity contribution >= 4 is 32.3 Å². The van der Waals surface area contributed by atoms with Crippen LogP contribution in [0.3, 0.4) is 0 Å². The van der Waals surface area contributed by atoms with Gasteiger partial charge in [-0.2, -0.15) is 0 Å². The third-order valence-corrected chi connectivity index (χ3v) is 10.8. The van der Waals surface area contributed by atoms with E-state index in [2.05, 4.69) is 194 Å². The van der Waals surface area contributed by atoms with Gasteiger partial charge in [0.05, 0.1) is 0 Å². The maximum atomic E-state index is 2.27. The lowest BCUT2D eigenvalue weighted by Crippen LogP contribution is -1.85. The highest BCUT2D eigenvalue weighted by molar-refractivity contribution is 6.25. The lowest BCUT2D eigenvalue weighted by atomic mass is 9.95. The molecular formula is C64H80. The number of hydrogen-bond donors (Lipinski definition) is 0. The summed E-state index contributed by atoms with van der Waals surface area (Å²) in [5.74, 6) is 0. The number of rotatable bonds is 0. The molecule has 10 aliphatic carbocycles. The first-order valence-corrected chi connectivity index (χ1v) is 25.1. The van der Waals surface area contributed by atoms with Crippen molar-refractivity contribution in [1.29, 1.82) is 0 Å². The van der Waals surface area contributed by atoms with Crippen molar-refractivity contribution in [3.8, 4) is 0 Å². The van der Waals surface area contributed by atoms with Crippen LogP contribution in [0.5, 0.6) is 0 Å². The van der Waals surface area contributed by atoms with Crippen LogP contribution in [0.1, 0.15) is 141 Å². The summed E-state index contributed by atoms with van der Waals surface area (Å²) in [6.07, 6.45) is 81.0. The molecule has 336 valence electrons. The van der Waals surface area contributed by atoms with Crippen molar-refractivity contribution in [3.05, 3.63) is 219 Å². The van der Waals surface area contributed by atoms with Gasteiger partial charge in [0.25, 0.3) is 0 Å². The minimum absolute atomic E-state index is 1.14. The first kappa shape index (κ1) is 51.2. The number of benzene rings is 4. The Morgan fingerprint density at radius 1 is 0.172 bits per heavy atom. The molecule has 0 N–H and O–H groups in total. The molecule has 4 aromatic rings. The van der Waals surface area contributed by atoms with Gasteiger partial charge >= 0.3 is 0 Å². The van der Waals surface area contributed by atoms with E-state index in [-0.39, 0.29) is 0 Å². The van der Waals surface area contributed by atoms with E-state index < -0.39 is 0 Å². The Labute approximate surface area is 390 Å². The smallest absolute Gasteiger partial charge is 0.00990 e. The largest absolute Gasteiger partial charge is 0.0885 e. The Morgan fingerprint density at radius 3 is 0.531 bits per heavy atom. The Hall–Kier alpha value is -5.46. The van der Waals surface area contributed by atoms with Crippen LogP contribution in [-0.2, 0) is 0 Å². The molecule has 0 heteroatoms. The maximum absolute atomic E-state index is 2.27. The van der Waals surface area contributed by atoms with E-state index in [1.807, 2.05) is 24.3 Å². The van der Waals surface area contributed by atoms with Gasteiger partial charge < -0.3 is 0 Å². The maximum Gasteiger partial charge on any atom is -0.00990 e. The highest BCUT2D eigenvalue weighted by Gasteiger charge is 2.06. The van der Waals surface area contributed by atoms with Gasteiger partial charge in [-0.3, -0.25) is 0 Å². The average molecular weight is 849 g/mol. The topological polar surface area (TPSA) is 0 Å². The minimum atomic E-state index is 1.14. The fraction of sp³-hybridized carbons (Fsp3) is 0.344. The van der Waals surface area contributed by atoms with E-state index >= 15 is 0 Å². The van der Waals surface area contributed by atoms with Crippen LogP contribution in [0.15, 0.2) is 219 Å². The summed E-state index contributed by atoms with van der Waals surface area (Å²) in [4.78, 5) is 0. The summed E-state index contributed by atoms with van der Waals surface area (Å²) in [6, 6.07) is 26.0. The Balaban J connectivity index is 0.000000165. The molecule has 64 heavy (non-hydrogen) atoms. The molecule has 0 bridgehead atoms. The molecule has 0 atom stereocenters. The van der Waals surface area contributed by atoms with Crippen LogP contribution >= 0.6 is 0 Å². The third-order valence-electron chi connectivity index (χ3n) is 10.8. The van der Waals surface area contributed by atoms with Gasteiger partial charge in [0.15, 0.2) is 0 Å². The number of fused-ring (bicyclic) bond motifs is 6. The molecular weight excluding hydrogens is 769 g/mol. The van der Waals surface area contributed by atoms with Crippen molar-refractivity contribution in [2.75, 3.05) is 0 Å². The van der Waals surface area contributed by atoms with E-state index in [1.54, 1.807) is 0 Å². The van der Waals surface area contributed by atoms with Crippen LogP contribution in [0.25, 0.3) is 32.3 Å². The van der Waals surface area contributed by atoms with Crippen LogP contribution in [-0.4, -0.2) is 0 Å². The molecule has 0 aromatic heterocycles. The second-order valence-electron chi connectivity index (χ2n) is 16.7. The minimum Gasteiger partial charge on any atom is -0.0885 e. The molecule has 0 nitrogen and oxygen atoms in total. The zero-order valence-electron chi connectivity index (χ0n) is 39.3. The zero-order chi connectivity index (χ0) is 44.5. The molecule has 0 amide bonds. The lowest BCUT2D eigenvalue weighted by Gasteiger charge is -2.09. The predicted octanol–water partition coefficient (Wildman–Crippen LogP) is 20.4. The van der Waals surface area contributed by atoms with Gasteiger partial charge in [0.2, 0.25) is 0 Å². The highest BCUT2D eigenvalue weighted by Crippen LogP contribution is 2.34. The fourth-order valence-electron chi connectivity index (χ4n) is 6.21. The number of hydrogen-bond acceptors (Lipinski definition) is 0. The lowest BCUT2D eigenvalue weighted by molar-refractivity contribution is 0.504.